The molecule has 1 atom stereocenters. The summed E-state index contributed by atoms with van der Waals surface area (Å²) in [5.41, 5.74) is 1.10. The lowest BCUT2D eigenvalue weighted by Gasteiger charge is -2.17. The smallest absolute Gasteiger partial charge is 0.231 e. The molecule has 0 bridgehead atoms. The maximum atomic E-state index is 5.96. The van der Waals surface area contributed by atoms with E-state index < -0.39 is 0 Å². The number of fused-ring (bicyclic) bond motifs is 1. The van der Waals surface area contributed by atoms with Crippen LogP contribution in [-0.4, -0.2) is 32.7 Å². The molecule has 0 radical (unpaired) electrons. The van der Waals surface area contributed by atoms with Crippen LogP contribution in [0.25, 0.3) is 0 Å². The lowest BCUT2D eigenvalue weighted by atomic mass is 10.1. The second-order valence-corrected chi connectivity index (χ2v) is 5.35. The molecule has 1 aromatic carbocycles. The highest BCUT2D eigenvalue weighted by atomic mass is 16.7. The summed E-state index contributed by atoms with van der Waals surface area (Å²) in [6.45, 7) is 3.62. The van der Waals surface area contributed by atoms with Crippen LogP contribution in [0.4, 0.5) is 0 Å². The van der Waals surface area contributed by atoms with E-state index in [1.165, 1.54) is 12.8 Å². The summed E-state index contributed by atoms with van der Waals surface area (Å²) in [7, 11) is 1.68. The van der Waals surface area contributed by atoms with Crippen molar-refractivity contribution in [2.75, 3.05) is 20.5 Å². The Labute approximate surface area is 119 Å². The summed E-state index contributed by atoms with van der Waals surface area (Å²) in [6, 6.07) is 4.58. The zero-order valence-electron chi connectivity index (χ0n) is 12.0. The molecule has 1 N–H and O–H groups in total. The molecule has 2 aliphatic rings. The monoisotopic (exact) mass is 279 g/mol. The number of hydrogen-bond acceptors (Lipinski definition) is 5. The summed E-state index contributed by atoms with van der Waals surface area (Å²) >= 11 is 0. The van der Waals surface area contributed by atoms with Crippen molar-refractivity contribution >= 4 is 0 Å². The molecule has 5 nitrogen and oxygen atoms in total. The minimum atomic E-state index is 0.0000430. The topological polar surface area (TPSA) is 49.0 Å². The number of hydrogen-bond donors (Lipinski definition) is 1. The van der Waals surface area contributed by atoms with Crippen molar-refractivity contribution in [1.29, 1.82) is 0 Å². The molecule has 0 amide bonds. The average molecular weight is 279 g/mol. The minimum Gasteiger partial charge on any atom is -0.488 e. The van der Waals surface area contributed by atoms with Gasteiger partial charge in [-0.25, -0.2) is 0 Å². The third-order valence-electron chi connectivity index (χ3n) is 3.44. The van der Waals surface area contributed by atoms with Gasteiger partial charge in [-0.3, -0.25) is 0 Å². The second kappa shape index (κ2) is 5.89. The van der Waals surface area contributed by atoms with E-state index in [0.717, 1.165) is 29.4 Å². The van der Waals surface area contributed by atoms with Crippen molar-refractivity contribution < 1.29 is 18.9 Å². The number of benzene rings is 1. The molecule has 110 valence electrons. The highest BCUT2D eigenvalue weighted by Gasteiger charge is 2.23. The number of rotatable bonds is 7. The average Bonchev–Trinajstić information content (AvgIpc) is 3.14. The van der Waals surface area contributed by atoms with Crippen LogP contribution in [0.2, 0.25) is 0 Å². The molecule has 1 saturated carbocycles. The van der Waals surface area contributed by atoms with Crippen molar-refractivity contribution in [3.05, 3.63) is 17.7 Å². The summed E-state index contributed by atoms with van der Waals surface area (Å²) in [6.07, 6.45) is 2.53. The first-order valence-electron chi connectivity index (χ1n) is 7.07. The van der Waals surface area contributed by atoms with Crippen LogP contribution in [0.3, 0.4) is 0 Å². The van der Waals surface area contributed by atoms with Crippen LogP contribution in [0.1, 0.15) is 25.3 Å². The molecule has 1 aliphatic carbocycles. The van der Waals surface area contributed by atoms with E-state index in [1.54, 1.807) is 7.11 Å². The second-order valence-electron chi connectivity index (χ2n) is 5.35. The highest BCUT2D eigenvalue weighted by Crippen LogP contribution is 2.38. The zero-order valence-corrected chi connectivity index (χ0v) is 12.0. The summed E-state index contributed by atoms with van der Waals surface area (Å²) in [5.74, 6) is 2.39. The Bertz CT molecular complexity index is 473. The van der Waals surface area contributed by atoms with Crippen molar-refractivity contribution in [3.8, 4) is 17.2 Å². The fraction of sp³-hybridized carbons (Fsp3) is 0.600. The fourth-order valence-electron chi connectivity index (χ4n) is 2.24. The van der Waals surface area contributed by atoms with E-state index in [1.807, 2.05) is 19.1 Å². The van der Waals surface area contributed by atoms with Crippen molar-refractivity contribution in [2.45, 2.75) is 38.5 Å². The number of ether oxygens (including phenoxy) is 4. The van der Waals surface area contributed by atoms with E-state index in [9.17, 15) is 0 Å². The predicted molar refractivity (Wildman–Crippen MR) is 74.4 cm³/mol. The molecule has 1 unspecified atom stereocenters. The van der Waals surface area contributed by atoms with Gasteiger partial charge in [-0.1, -0.05) is 0 Å². The standard InChI is InChI=1S/C15H21NO4/c1-10(8-17-2)20-13-6-15-14(18-9-19-15)5-11(13)7-16-12-3-4-12/h5-6,10,12,16H,3-4,7-9H2,1-2H3. The van der Waals surface area contributed by atoms with E-state index in [-0.39, 0.29) is 12.9 Å². The van der Waals surface area contributed by atoms with E-state index in [4.69, 9.17) is 18.9 Å². The minimum absolute atomic E-state index is 0.0000430. The molecule has 1 fully saturated rings. The SMILES string of the molecule is COCC(C)Oc1cc2c(cc1CNC1CC1)OCO2. The van der Waals surface area contributed by atoms with Gasteiger partial charge >= 0.3 is 0 Å². The summed E-state index contributed by atoms with van der Waals surface area (Å²) in [5, 5.41) is 3.50. The Balaban J connectivity index is 1.76. The third-order valence-corrected chi connectivity index (χ3v) is 3.44. The van der Waals surface area contributed by atoms with Crippen molar-refractivity contribution in [3.63, 3.8) is 0 Å². The third kappa shape index (κ3) is 3.16. The summed E-state index contributed by atoms with van der Waals surface area (Å²) < 4.78 is 21.9. The van der Waals surface area contributed by atoms with Gasteiger partial charge in [-0.05, 0) is 25.8 Å². The van der Waals surface area contributed by atoms with E-state index in [0.29, 0.717) is 12.6 Å². The van der Waals surface area contributed by atoms with Gasteiger partial charge in [-0.2, -0.15) is 0 Å². The van der Waals surface area contributed by atoms with Crippen LogP contribution in [-0.2, 0) is 11.3 Å². The zero-order chi connectivity index (χ0) is 13.9. The normalized spacial score (nSPS) is 18.1. The fourth-order valence-corrected chi connectivity index (χ4v) is 2.24. The van der Waals surface area contributed by atoms with Crippen molar-refractivity contribution in [1.82, 2.24) is 5.32 Å². The first kappa shape index (κ1) is 13.5. The molecular formula is C15H21NO4. The van der Waals surface area contributed by atoms with Crippen LogP contribution in [0, 0.1) is 0 Å². The van der Waals surface area contributed by atoms with Gasteiger partial charge in [-0.15, -0.1) is 0 Å². The Hall–Kier alpha value is -1.46. The number of methoxy groups -OCH3 is 1. The van der Waals surface area contributed by atoms with Gasteiger partial charge in [0.05, 0.1) is 6.61 Å². The maximum Gasteiger partial charge on any atom is 0.231 e. The molecule has 5 heteroatoms. The first-order chi connectivity index (χ1) is 9.76. The predicted octanol–water partition coefficient (Wildman–Crippen LogP) is 2.08. The van der Waals surface area contributed by atoms with Crippen LogP contribution in [0.5, 0.6) is 17.2 Å². The maximum absolute atomic E-state index is 5.96. The van der Waals surface area contributed by atoms with Crippen LogP contribution >= 0.6 is 0 Å². The molecule has 20 heavy (non-hydrogen) atoms. The Kier molecular flexibility index (Phi) is 3.98. The molecule has 3 rings (SSSR count). The molecule has 0 aromatic heterocycles. The van der Waals surface area contributed by atoms with Gasteiger partial charge in [0.15, 0.2) is 11.5 Å². The molecule has 0 saturated heterocycles. The largest absolute Gasteiger partial charge is 0.488 e. The van der Waals surface area contributed by atoms with Gasteiger partial charge in [0.25, 0.3) is 0 Å². The highest BCUT2D eigenvalue weighted by molar-refractivity contribution is 5.52. The molecule has 1 heterocycles. The number of nitrogens with one attached hydrogen (secondary N) is 1. The Morgan fingerprint density at radius 1 is 1.30 bits per heavy atom. The van der Waals surface area contributed by atoms with Gasteiger partial charge in [0.1, 0.15) is 11.9 Å². The lowest BCUT2D eigenvalue weighted by Crippen LogP contribution is -2.21. The van der Waals surface area contributed by atoms with Gasteiger partial charge in [0, 0.05) is 31.3 Å². The summed E-state index contributed by atoms with van der Waals surface area (Å²) in [4.78, 5) is 0. The Morgan fingerprint density at radius 3 is 2.75 bits per heavy atom. The van der Waals surface area contributed by atoms with Gasteiger partial charge in [0.2, 0.25) is 6.79 Å². The Morgan fingerprint density at radius 2 is 2.05 bits per heavy atom. The lowest BCUT2D eigenvalue weighted by molar-refractivity contribution is 0.0911. The molecule has 1 aromatic rings. The first-order valence-corrected chi connectivity index (χ1v) is 7.07. The van der Waals surface area contributed by atoms with E-state index in [2.05, 4.69) is 5.32 Å². The van der Waals surface area contributed by atoms with Crippen LogP contribution < -0.4 is 19.5 Å². The molecular weight excluding hydrogens is 258 g/mol. The molecule has 1 aliphatic heterocycles. The van der Waals surface area contributed by atoms with Crippen LogP contribution in [0.15, 0.2) is 12.1 Å². The quantitative estimate of drug-likeness (QED) is 0.828. The van der Waals surface area contributed by atoms with Gasteiger partial charge < -0.3 is 24.3 Å². The van der Waals surface area contributed by atoms with Crippen molar-refractivity contribution in [2.24, 2.45) is 0 Å². The molecule has 0 spiro atoms. The van der Waals surface area contributed by atoms with E-state index >= 15 is 0 Å².